The third kappa shape index (κ3) is 2.13. The molecular formula is C12H12N2O. The third-order valence-electron chi connectivity index (χ3n) is 1.99. The van der Waals surface area contributed by atoms with Crippen molar-refractivity contribution in [1.82, 2.24) is 9.97 Å². The fourth-order valence-corrected chi connectivity index (χ4v) is 1.36. The van der Waals surface area contributed by atoms with E-state index in [-0.39, 0.29) is 0 Å². The van der Waals surface area contributed by atoms with E-state index in [1.165, 1.54) is 0 Å². The summed E-state index contributed by atoms with van der Waals surface area (Å²) in [6, 6.07) is 9.62. The fourth-order valence-electron chi connectivity index (χ4n) is 1.36. The zero-order chi connectivity index (χ0) is 10.5. The standard InChI is InChI=1S/C12H12N2O/c1-2-15-12-10(6-5-9-14-12)11-7-3-4-8-13-11/h3-9H,2H2,1H3. The Bertz CT molecular complexity index is 429. The largest absolute Gasteiger partial charge is 0.477 e. The van der Waals surface area contributed by atoms with Crippen molar-refractivity contribution in [3.8, 4) is 17.1 Å². The summed E-state index contributed by atoms with van der Waals surface area (Å²) in [5, 5.41) is 0. The van der Waals surface area contributed by atoms with Gasteiger partial charge in [-0.15, -0.1) is 0 Å². The molecule has 2 aromatic rings. The molecule has 0 radical (unpaired) electrons. The van der Waals surface area contributed by atoms with Crippen LogP contribution >= 0.6 is 0 Å². The maximum absolute atomic E-state index is 5.44. The van der Waals surface area contributed by atoms with Gasteiger partial charge in [0.05, 0.1) is 17.9 Å². The second-order valence-electron chi connectivity index (χ2n) is 3.00. The highest BCUT2D eigenvalue weighted by atomic mass is 16.5. The van der Waals surface area contributed by atoms with Gasteiger partial charge in [-0.05, 0) is 31.2 Å². The number of hydrogen-bond acceptors (Lipinski definition) is 3. The first kappa shape index (κ1) is 9.65. The second-order valence-corrected chi connectivity index (χ2v) is 3.00. The maximum Gasteiger partial charge on any atom is 0.222 e. The summed E-state index contributed by atoms with van der Waals surface area (Å²) in [6.07, 6.45) is 3.48. The van der Waals surface area contributed by atoms with Gasteiger partial charge in [0.25, 0.3) is 0 Å². The topological polar surface area (TPSA) is 35.0 Å². The van der Waals surface area contributed by atoms with E-state index in [1.54, 1.807) is 12.4 Å². The monoisotopic (exact) mass is 200 g/mol. The number of pyridine rings is 2. The predicted molar refractivity (Wildman–Crippen MR) is 58.6 cm³/mol. The maximum atomic E-state index is 5.44. The highest BCUT2D eigenvalue weighted by Crippen LogP contribution is 2.25. The van der Waals surface area contributed by atoms with Crippen LogP contribution in [-0.4, -0.2) is 16.6 Å². The van der Waals surface area contributed by atoms with Gasteiger partial charge in [-0.1, -0.05) is 6.07 Å². The van der Waals surface area contributed by atoms with Crippen molar-refractivity contribution < 1.29 is 4.74 Å². The lowest BCUT2D eigenvalue weighted by atomic mass is 10.2. The molecule has 0 aliphatic rings. The zero-order valence-corrected chi connectivity index (χ0v) is 8.55. The van der Waals surface area contributed by atoms with Crippen molar-refractivity contribution in [3.63, 3.8) is 0 Å². The van der Waals surface area contributed by atoms with Crippen LogP contribution in [-0.2, 0) is 0 Å². The molecule has 0 atom stereocenters. The smallest absolute Gasteiger partial charge is 0.222 e. The van der Waals surface area contributed by atoms with Crippen LogP contribution in [0, 0.1) is 0 Å². The number of aromatic nitrogens is 2. The van der Waals surface area contributed by atoms with Crippen LogP contribution in [0.1, 0.15) is 6.92 Å². The summed E-state index contributed by atoms with van der Waals surface area (Å²) in [7, 11) is 0. The molecule has 3 nitrogen and oxygen atoms in total. The lowest BCUT2D eigenvalue weighted by Gasteiger charge is -2.07. The van der Waals surface area contributed by atoms with E-state index in [9.17, 15) is 0 Å². The van der Waals surface area contributed by atoms with Gasteiger partial charge in [0.1, 0.15) is 0 Å². The number of ether oxygens (including phenoxy) is 1. The molecule has 0 saturated heterocycles. The van der Waals surface area contributed by atoms with Crippen molar-refractivity contribution in [2.75, 3.05) is 6.61 Å². The van der Waals surface area contributed by atoms with Crippen LogP contribution in [0.3, 0.4) is 0 Å². The van der Waals surface area contributed by atoms with Gasteiger partial charge in [-0.25, -0.2) is 4.98 Å². The quantitative estimate of drug-likeness (QED) is 0.763. The summed E-state index contributed by atoms with van der Waals surface area (Å²) in [5.74, 6) is 0.638. The molecule has 0 bridgehead atoms. The van der Waals surface area contributed by atoms with Gasteiger partial charge < -0.3 is 4.74 Å². The molecule has 0 saturated carbocycles. The molecule has 0 aromatic carbocycles. The van der Waals surface area contributed by atoms with E-state index >= 15 is 0 Å². The van der Waals surface area contributed by atoms with E-state index in [4.69, 9.17) is 4.74 Å². The second kappa shape index (κ2) is 4.55. The Morgan fingerprint density at radius 1 is 1.07 bits per heavy atom. The van der Waals surface area contributed by atoms with Gasteiger partial charge in [0.15, 0.2) is 0 Å². The van der Waals surface area contributed by atoms with Crippen LogP contribution < -0.4 is 4.74 Å². The number of nitrogens with zero attached hydrogens (tertiary/aromatic N) is 2. The van der Waals surface area contributed by atoms with Crippen molar-refractivity contribution in [1.29, 1.82) is 0 Å². The third-order valence-corrected chi connectivity index (χ3v) is 1.99. The highest BCUT2D eigenvalue weighted by Gasteiger charge is 2.06. The summed E-state index contributed by atoms with van der Waals surface area (Å²) < 4.78 is 5.44. The molecule has 3 heteroatoms. The molecule has 76 valence electrons. The normalized spacial score (nSPS) is 9.93. The average molecular weight is 200 g/mol. The van der Waals surface area contributed by atoms with Gasteiger partial charge in [0.2, 0.25) is 5.88 Å². The predicted octanol–water partition coefficient (Wildman–Crippen LogP) is 2.54. The molecule has 0 N–H and O–H groups in total. The molecular weight excluding hydrogens is 188 g/mol. The first-order valence-corrected chi connectivity index (χ1v) is 4.91. The number of hydrogen-bond donors (Lipinski definition) is 0. The molecule has 0 aliphatic carbocycles. The van der Waals surface area contributed by atoms with Gasteiger partial charge >= 0.3 is 0 Å². The SMILES string of the molecule is CCOc1ncccc1-c1ccccn1. The van der Waals surface area contributed by atoms with E-state index < -0.39 is 0 Å². The molecule has 0 fully saturated rings. The molecule has 2 aromatic heterocycles. The Labute approximate surface area is 88.8 Å². The first-order valence-electron chi connectivity index (χ1n) is 4.91. The van der Waals surface area contributed by atoms with E-state index in [0.29, 0.717) is 12.5 Å². The summed E-state index contributed by atoms with van der Waals surface area (Å²) in [5.41, 5.74) is 1.81. The van der Waals surface area contributed by atoms with Crippen LogP contribution in [0.2, 0.25) is 0 Å². The summed E-state index contributed by atoms with van der Waals surface area (Å²) >= 11 is 0. The molecule has 2 heterocycles. The Hall–Kier alpha value is -1.90. The molecule has 0 spiro atoms. The molecule has 0 amide bonds. The van der Waals surface area contributed by atoms with E-state index in [0.717, 1.165) is 11.3 Å². The molecule has 0 aliphatic heterocycles. The highest BCUT2D eigenvalue weighted by molar-refractivity contribution is 5.64. The van der Waals surface area contributed by atoms with Crippen molar-refractivity contribution in [2.24, 2.45) is 0 Å². The van der Waals surface area contributed by atoms with Crippen LogP contribution in [0.4, 0.5) is 0 Å². The Morgan fingerprint density at radius 3 is 2.67 bits per heavy atom. The minimum atomic E-state index is 0.608. The van der Waals surface area contributed by atoms with Crippen molar-refractivity contribution in [2.45, 2.75) is 6.92 Å². The molecule has 0 unspecified atom stereocenters. The van der Waals surface area contributed by atoms with Crippen molar-refractivity contribution in [3.05, 3.63) is 42.7 Å². The van der Waals surface area contributed by atoms with Crippen LogP contribution in [0.25, 0.3) is 11.3 Å². The Balaban J connectivity index is 2.43. The lowest BCUT2D eigenvalue weighted by Crippen LogP contribution is -1.97. The van der Waals surface area contributed by atoms with Gasteiger partial charge in [-0.2, -0.15) is 0 Å². The van der Waals surface area contributed by atoms with Crippen LogP contribution in [0.5, 0.6) is 5.88 Å². The molecule has 15 heavy (non-hydrogen) atoms. The minimum absolute atomic E-state index is 0.608. The van der Waals surface area contributed by atoms with Crippen LogP contribution in [0.15, 0.2) is 42.7 Å². The zero-order valence-electron chi connectivity index (χ0n) is 8.55. The van der Waals surface area contributed by atoms with Gasteiger partial charge in [0, 0.05) is 12.4 Å². The summed E-state index contributed by atoms with van der Waals surface area (Å²) in [4.78, 5) is 8.45. The lowest BCUT2D eigenvalue weighted by molar-refractivity contribution is 0.328. The van der Waals surface area contributed by atoms with Crippen molar-refractivity contribution >= 4 is 0 Å². The molecule has 2 rings (SSSR count). The first-order chi connectivity index (χ1) is 7.42. The minimum Gasteiger partial charge on any atom is -0.477 e. The number of rotatable bonds is 3. The average Bonchev–Trinajstić information content (AvgIpc) is 2.31. The van der Waals surface area contributed by atoms with E-state index in [1.807, 2.05) is 37.3 Å². The van der Waals surface area contributed by atoms with Gasteiger partial charge in [-0.3, -0.25) is 4.98 Å². The van der Waals surface area contributed by atoms with E-state index in [2.05, 4.69) is 9.97 Å². The Kier molecular flexibility index (Phi) is 2.93. The fraction of sp³-hybridized carbons (Fsp3) is 0.167. The Morgan fingerprint density at radius 2 is 1.93 bits per heavy atom. The summed E-state index contributed by atoms with van der Waals surface area (Å²) in [6.45, 7) is 2.55.